The zero-order valence-corrected chi connectivity index (χ0v) is 11.8. The van der Waals surface area contributed by atoms with Crippen LogP contribution in [-0.2, 0) is 9.84 Å². The van der Waals surface area contributed by atoms with Gasteiger partial charge in [-0.1, -0.05) is 0 Å². The molecule has 2 fully saturated rings. The summed E-state index contributed by atoms with van der Waals surface area (Å²) in [6.07, 6.45) is 8.73. The molecule has 4 heteroatoms. The molecule has 0 amide bonds. The van der Waals surface area contributed by atoms with E-state index in [9.17, 15) is 8.42 Å². The van der Waals surface area contributed by atoms with Crippen LogP contribution in [0.15, 0.2) is 0 Å². The first-order chi connectivity index (χ1) is 8.01. The number of nitrogens with one attached hydrogen (secondary N) is 1. The van der Waals surface area contributed by atoms with Gasteiger partial charge in [0.25, 0.3) is 0 Å². The summed E-state index contributed by atoms with van der Waals surface area (Å²) in [5, 5.41) is 3.44. The quantitative estimate of drug-likeness (QED) is 0.723. The molecule has 2 aliphatic rings. The minimum Gasteiger partial charge on any atom is -0.317 e. The fourth-order valence-corrected chi connectivity index (χ4v) is 3.79. The van der Waals surface area contributed by atoms with Crippen molar-refractivity contribution < 1.29 is 8.42 Å². The van der Waals surface area contributed by atoms with Gasteiger partial charge >= 0.3 is 0 Å². The summed E-state index contributed by atoms with van der Waals surface area (Å²) in [5.74, 6) is 3.02. The molecule has 0 heterocycles. The molecule has 1 atom stereocenters. The van der Waals surface area contributed by atoms with Crippen molar-refractivity contribution in [3.05, 3.63) is 0 Å². The van der Waals surface area contributed by atoms with Gasteiger partial charge in [0.15, 0.2) is 0 Å². The summed E-state index contributed by atoms with van der Waals surface area (Å²) >= 11 is 0. The highest BCUT2D eigenvalue weighted by molar-refractivity contribution is 7.90. The van der Waals surface area contributed by atoms with Crippen molar-refractivity contribution >= 4 is 9.84 Å². The van der Waals surface area contributed by atoms with E-state index in [0.717, 1.165) is 30.6 Å². The third kappa shape index (κ3) is 4.25. The minimum absolute atomic E-state index is 0.341. The molecule has 0 spiro atoms. The predicted molar refractivity (Wildman–Crippen MR) is 70.7 cm³/mol. The normalized spacial score (nSPS) is 23.0. The van der Waals surface area contributed by atoms with E-state index in [-0.39, 0.29) is 0 Å². The summed E-state index contributed by atoms with van der Waals surface area (Å²) in [6.45, 7) is 0. The molecule has 0 aromatic carbocycles. The van der Waals surface area contributed by atoms with Gasteiger partial charge in [-0.25, -0.2) is 8.42 Å². The Labute approximate surface area is 105 Å². The molecule has 0 radical (unpaired) electrons. The molecule has 2 rings (SSSR count). The van der Waals surface area contributed by atoms with Gasteiger partial charge in [-0.3, -0.25) is 0 Å². The summed E-state index contributed by atoms with van der Waals surface area (Å²) < 4.78 is 22.3. The first-order valence-electron chi connectivity index (χ1n) is 6.86. The van der Waals surface area contributed by atoms with Crippen LogP contribution in [0.25, 0.3) is 0 Å². The Balaban J connectivity index is 1.82. The number of hydrogen-bond acceptors (Lipinski definition) is 3. The molecule has 0 aromatic heterocycles. The molecule has 100 valence electrons. The van der Waals surface area contributed by atoms with Crippen LogP contribution in [0, 0.1) is 17.8 Å². The van der Waals surface area contributed by atoms with Crippen molar-refractivity contribution in [1.82, 2.24) is 5.32 Å². The molecule has 0 aliphatic heterocycles. The third-order valence-corrected chi connectivity index (χ3v) is 5.23. The van der Waals surface area contributed by atoms with E-state index >= 15 is 0 Å². The van der Waals surface area contributed by atoms with E-state index in [1.807, 2.05) is 7.05 Å². The molecular formula is C13H25NO2S. The molecule has 0 aromatic rings. The summed E-state index contributed by atoms with van der Waals surface area (Å²) in [6, 6.07) is 0.539. The molecule has 1 N–H and O–H groups in total. The van der Waals surface area contributed by atoms with Crippen LogP contribution in [0.4, 0.5) is 0 Å². The second kappa shape index (κ2) is 5.27. The Morgan fingerprint density at radius 3 is 2.06 bits per heavy atom. The average Bonchev–Trinajstić information content (AvgIpc) is 3.09. The van der Waals surface area contributed by atoms with Crippen LogP contribution in [0.3, 0.4) is 0 Å². The second-order valence-corrected chi connectivity index (χ2v) is 8.18. The maximum atomic E-state index is 11.1. The lowest BCUT2D eigenvalue weighted by Crippen LogP contribution is -2.36. The van der Waals surface area contributed by atoms with Gasteiger partial charge in [0.05, 0.1) is 0 Å². The Kier molecular flexibility index (Phi) is 4.14. The Bertz CT molecular complexity index is 332. The standard InChI is InChI=1S/C13H25NO2S/c1-14-12(4-3-9-17(2,15)16)13(10-5-6-10)11-7-8-11/h10-14H,3-9H2,1-2H3. The molecule has 17 heavy (non-hydrogen) atoms. The van der Waals surface area contributed by atoms with Crippen molar-refractivity contribution in [2.75, 3.05) is 19.1 Å². The smallest absolute Gasteiger partial charge is 0.147 e. The van der Waals surface area contributed by atoms with Crippen molar-refractivity contribution in [2.24, 2.45) is 17.8 Å². The van der Waals surface area contributed by atoms with Crippen LogP contribution in [0.5, 0.6) is 0 Å². The monoisotopic (exact) mass is 259 g/mol. The first-order valence-corrected chi connectivity index (χ1v) is 8.92. The summed E-state index contributed by atoms with van der Waals surface area (Å²) in [4.78, 5) is 0. The maximum absolute atomic E-state index is 11.1. The van der Waals surface area contributed by atoms with E-state index in [0.29, 0.717) is 11.8 Å². The lowest BCUT2D eigenvalue weighted by molar-refractivity contribution is 0.281. The SMILES string of the molecule is CNC(CCCS(C)(=O)=O)C(C1CC1)C1CC1. The lowest BCUT2D eigenvalue weighted by atomic mass is 9.87. The van der Waals surface area contributed by atoms with Gasteiger partial charge in [-0.05, 0) is 63.3 Å². The van der Waals surface area contributed by atoms with Crippen molar-refractivity contribution in [3.63, 3.8) is 0 Å². The van der Waals surface area contributed by atoms with Crippen LogP contribution in [0.1, 0.15) is 38.5 Å². The van der Waals surface area contributed by atoms with Crippen LogP contribution in [0.2, 0.25) is 0 Å². The van der Waals surface area contributed by atoms with E-state index in [1.165, 1.54) is 31.9 Å². The zero-order chi connectivity index (χ0) is 12.5. The summed E-state index contributed by atoms with van der Waals surface area (Å²) in [5.41, 5.74) is 0. The average molecular weight is 259 g/mol. The molecule has 0 saturated heterocycles. The van der Waals surface area contributed by atoms with Crippen molar-refractivity contribution in [3.8, 4) is 0 Å². The lowest BCUT2D eigenvalue weighted by Gasteiger charge is -2.27. The second-order valence-electron chi connectivity index (χ2n) is 5.92. The fourth-order valence-electron chi connectivity index (χ4n) is 3.10. The highest BCUT2D eigenvalue weighted by atomic mass is 32.2. The van der Waals surface area contributed by atoms with E-state index in [1.54, 1.807) is 0 Å². The van der Waals surface area contributed by atoms with Crippen LogP contribution < -0.4 is 5.32 Å². The van der Waals surface area contributed by atoms with Crippen molar-refractivity contribution in [1.29, 1.82) is 0 Å². The van der Waals surface area contributed by atoms with Crippen LogP contribution >= 0.6 is 0 Å². The molecule has 0 bridgehead atoms. The van der Waals surface area contributed by atoms with Crippen molar-refractivity contribution in [2.45, 2.75) is 44.6 Å². The van der Waals surface area contributed by atoms with Crippen LogP contribution in [-0.4, -0.2) is 33.5 Å². The van der Waals surface area contributed by atoms with E-state index < -0.39 is 9.84 Å². The van der Waals surface area contributed by atoms with Gasteiger partial charge in [-0.2, -0.15) is 0 Å². The fraction of sp³-hybridized carbons (Fsp3) is 1.00. The Morgan fingerprint density at radius 1 is 1.18 bits per heavy atom. The zero-order valence-electron chi connectivity index (χ0n) is 11.0. The molecule has 2 saturated carbocycles. The highest BCUT2D eigenvalue weighted by Gasteiger charge is 2.44. The molecule has 3 nitrogen and oxygen atoms in total. The van der Waals surface area contributed by atoms with Gasteiger partial charge in [-0.15, -0.1) is 0 Å². The maximum Gasteiger partial charge on any atom is 0.147 e. The Morgan fingerprint density at radius 2 is 1.71 bits per heavy atom. The first kappa shape index (κ1) is 13.3. The molecular weight excluding hydrogens is 234 g/mol. The minimum atomic E-state index is -2.79. The van der Waals surface area contributed by atoms with Gasteiger partial charge in [0.1, 0.15) is 9.84 Å². The topological polar surface area (TPSA) is 46.2 Å². The number of sulfone groups is 1. The van der Waals surface area contributed by atoms with Gasteiger partial charge in [0.2, 0.25) is 0 Å². The molecule has 1 unspecified atom stereocenters. The van der Waals surface area contributed by atoms with Gasteiger partial charge < -0.3 is 5.32 Å². The van der Waals surface area contributed by atoms with E-state index in [4.69, 9.17) is 0 Å². The highest BCUT2D eigenvalue weighted by Crippen LogP contribution is 2.51. The summed E-state index contributed by atoms with van der Waals surface area (Å²) in [7, 11) is -0.760. The number of hydrogen-bond donors (Lipinski definition) is 1. The third-order valence-electron chi connectivity index (χ3n) is 4.20. The van der Waals surface area contributed by atoms with Gasteiger partial charge in [0, 0.05) is 18.1 Å². The molecule has 2 aliphatic carbocycles. The van der Waals surface area contributed by atoms with E-state index in [2.05, 4.69) is 5.32 Å². The largest absolute Gasteiger partial charge is 0.317 e. The number of rotatable bonds is 8. The predicted octanol–water partition coefficient (Wildman–Crippen LogP) is 1.84. The Hall–Kier alpha value is -0.0900.